The van der Waals surface area contributed by atoms with Crippen LogP contribution in [0.4, 0.5) is 5.82 Å². The standard InChI is InChI=1S/C20H12Cl2IN3/c21-14-7-8-16(17(22)11-14)19-20(26-9-2-1-6-18(26)25-19)24-12-13-4-3-5-15(23)10-13/h1-12H. The Kier molecular flexibility index (Phi) is 4.98. The monoisotopic (exact) mass is 491 g/mol. The van der Waals surface area contributed by atoms with Crippen LogP contribution in [0.1, 0.15) is 5.56 Å². The first-order valence-electron chi connectivity index (χ1n) is 7.84. The first-order chi connectivity index (χ1) is 12.6. The molecule has 2 heterocycles. The highest BCUT2D eigenvalue weighted by atomic mass is 127. The molecule has 0 unspecified atom stereocenters. The van der Waals surface area contributed by atoms with Gasteiger partial charge in [0.25, 0.3) is 0 Å². The maximum Gasteiger partial charge on any atom is 0.165 e. The van der Waals surface area contributed by atoms with Gasteiger partial charge in [-0.15, -0.1) is 0 Å². The first-order valence-corrected chi connectivity index (χ1v) is 9.67. The lowest BCUT2D eigenvalue weighted by Crippen LogP contribution is -1.86. The molecule has 2 aromatic carbocycles. The van der Waals surface area contributed by atoms with Crippen molar-refractivity contribution < 1.29 is 0 Å². The van der Waals surface area contributed by atoms with Crippen molar-refractivity contribution in [3.8, 4) is 11.3 Å². The molecule has 0 spiro atoms. The molecule has 0 radical (unpaired) electrons. The number of hydrogen-bond acceptors (Lipinski definition) is 2. The lowest BCUT2D eigenvalue weighted by atomic mass is 10.1. The Morgan fingerprint density at radius 2 is 1.88 bits per heavy atom. The van der Waals surface area contributed by atoms with Crippen molar-refractivity contribution in [2.75, 3.05) is 0 Å². The van der Waals surface area contributed by atoms with Gasteiger partial charge in [-0.05, 0) is 70.6 Å². The van der Waals surface area contributed by atoms with E-state index >= 15 is 0 Å². The van der Waals surface area contributed by atoms with E-state index in [2.05, 4.69) is 28.7 Å². The summed E-state index contributed by atoms with van der Waals surface area (Å²) in [7, 11) is 0. The van der Waals surface area contributed by atoms with E-state index in [-0.39, 0.29) is 0 Å². The summed E-state index contributed by atoms with van der Waals surface area (Å²) in [5.41, 5.74) is 3.36. The summed E-state index contributed by atoms with van der Waals surface area (Å²) >= 11 is 14.7. The second-order valence-corrected chi connectivity index (χ2v) is 7.74. The fraction of sp³-hybridized carbons (Fsp3) is 0. The van der Waals surface area contributed by atoms with Gasteiger partial charge in [0.2, 0.25) is 0 Å². The third kappa shape index (κ3) is 3.49. The maximum absolute atomic E-state index is 6.41. The topological polar surface area (TPSA) is 29.7 Å². The lowest BCUT2D eigenvalue weighted by molar-refractivity contribution is 1.17. The predicted molar refractivity (Wildman–Crippen MR) is 117 cm³/mol. The number of halogens is 3. The van der Waals surface area contributed by atoms with Gasteiger partial charge in [-0.3, -0.25) is 4.40 Å². The number of aliphatic imine (C=N–C) groups is 1. The smallest absolute Gasteiger partial charge is 0.165 e. The molecule has 6 heteroatoms. The largest absolute Gasteiger partial charge is 0.284 e. The van der Waals surface area contributed by atoms with Crippen molar-refractivity contribution in [2.24, 2.45) is 4.99 Å². The number of rotatable bonds is 3. The fourth-order valence-electron chi connectivity index (χ4n) is 2.69. The highest BCUT2D eigenvalue weighted by Gasteiger charge is 2.15. The Morgan fingerprint density at radius 1 is 1.00 bits per heavy atom. The van der Waals surface area contributed by atoms with E-state index < -0.39 is 0 Å². The Labute approximate surface area is 174 Å². The number of hydrogen-bond donors (Lipinski definition) is 0. The zero-order valence-electron chi connectivity index (χ0n) is 13.4. The molecule has 128 valence electrons. The zero-order valence-corrected chi connectivity index (χ0v) is 17.1. The highest BCUT2D eigenvalue weighted by Crippen LogP contribution is 2.36. The van der Waals surface area contributed by atoms with E-state index in [1.165, 1.54) is 0 Å². The predicted octanol–water partition coefficient (Wildman–Crippen LogP) is 6.66. The summed E-state index contributed by atoms with van der Waals surface area (Å²) in [6.45, 7) is 0. The van der Waals surface area contributed by atoms with Gasteiger partial charge >= 0.3 is 0 Å². The van der Waals surface area contributed by atoms with Gasteiger partial charge < -0.3 is 0 Å². The molecule has 0 aliphatic rings. The first kappa shape index (κ1) is 17.5. The molecule has 26 heavy (non-hydrogen) atoms. The molecule has 0 amide bonds. The Bertz CT molecular complexity index is 1140. The van der Waals surface area contributed by atoms with Crippen LogP contribution in [-0.2, 0) is 0 Å². The molecule has 0 atom stereocenters. The molecule has 0 saturated carbocycles. The molecular weight excluding hydrogens is 480 g/mol. The van der Waals surface area contributed by atoms with Crippen LogP contribution < -0.4 is 0 Å². The van der Waals surface area contributed by atoms with Crippen LogP contribution in [0.2, 0.25) is 10.0 Å². The number of pyridine rings is 1. The van der Waals surface area contributed by atoms with Crippen LogP contribution in [0, 0.1) is 3.57 Å². The van der Waals surface area contributed by atoms with Gasteiger partial charge in [0.1, 0.15) is 11.3 Å². The van der Waals surface area contributed by atoms with Gasteiger partial charge in [-0.1, -0.05) is 41.4 Å². The second-order valence-electron chi connectivity index (χ2n) is 5.65. The molecule has 0 aliphatic heterocycles. The molecule has 3 nitrogen and oxygen atoms in total. The average Bonchev–Trinajstić information content (AvgIpc) is 2.98. The third-order valence-corrected chi connectivity index (χ3v) is 5.09. The number of imidazole rings is 1. The summed E-state index contributed by atoms with van der Waals surface area (Å²) in [5.74, 6) is 0.726. The molecule has 0 fully saturated rings. The number of benzene rings is 2. The normalized spacial score (nSPS) is 11.5. The van der Waals surface area contributed by atoms with Gasteiger partial charge in [0.05, 0.1) is 5.02 Å². The van der Waals surface area contributed by atoms with Crippen LogP contribution in [0.15, 0.2) is 71.9 Å². The molecule has 0 bridgehead atoms. The molecule has 4 rings (SSSR count). The van der Waals surface area contributed by atoms with Gasteiger partial charge in [-0.25, -0.2) is 9.98 Å². The van der Waals surface area contributed by atoms with E-state index in [0.717, 1.165) is 31.9 Å². The van der Waals surface area contributed by atoms with Crippen LogP contribution in [-0.4, -0.2) is 15.6 Å². The van der Waals surface area contributed by atoms with E-state index in [1.807, 2.05) is 59.3 Å². The van der Waals surface area contributed by atoms with Crippen molar-refractivity contribution >= 4 is 63.5 Å². The van der Waals surface area contributed by atoms with Gasteiger partial charge in [0.15, 0.2) is 5.82 Å². The minimum atomic E-state index is 0.548. The summed E-state index contributed by atoms with van der Waals surface area (Å²) in [5, 5.41) is 1.14. The molecule has 0 saturated heterocycles. The van der Waals surface area contributed by atoms with Crippen LogP contribution in [0.25, 0.3) is 16.9 Å². The van der Waals surface area contributed by atoms with Gasteiger partial charge in [-0.2, -0.15) is 0 Å². The van der Waals surface area contributed by atoms with Crippen LogP contribution in [0.3, 0.4) is 0 Å². The summed E-state index contributed by atoms with van der Waals surface area (Å²) in [6, 6.07) is 19.4. The van der Waals surface area contributed by atoms with Crippen molar-refractivity contribution in [3.63, 3.8) is 0 Å². The van der Waals surface area contributed by atoms with Crippen molar-refractivity contribution in [2.45, 2.75) is 0 Å². The SMILES string of the molecule is Clc1ccc(-c2nc3ccccn3c2N=Cc2cccc(I)c2)c(Cl)c1. The quantitative estimate of drug-likeness (QED) is 0.232. The van der Waals surface area contributed by atoms with Gasteiger partial charge in [0, 0.05) is 26.6 Å². The molecule has 0 N–H and O–H groups in total. The third-order valence-electron chi connectivity index (χ3n) is 3.88. The highest BCUT2D eigenvalue weighted by molar-refractivity contribution is 14.1. The maximum atomic E-state index is 6.41. The Hall–Kier alpha value is -1.89. The van der Waals surface area contributed by atoms with Crippen LogP contribution >= 0.6 is 45.8 Å². The van der Waals surface area contributed by atoms with Crippen molar-refractivity contribution in [3.05, 3.63) is 86.0 Å². The number of aromatic nitrogens is 2. The summed E-state index contributed by atoms with van der Waals surface area (Å²) < 4.78 is 3.11. The van der Waals surface area contributed by atoms with Crippen molar-refractivity contribution in [1.82, 2.24) is 9.38 Å². The molecule has 2 aromatic heterocycles. The van der Waals surface area contributed by atoms with E-state index in [1.54, 1.807) is 12.1 Å². The Morgan fingerprint density at radius 3 is 2.69 bits per heavy atom. The fourth-order valence-corrected chi connectivity index (χ4v) is 3.76. The zero-order chi connectivity index (χ0) is 18.1. The van der Waals surface area contributed by atoms with Crippen LogP contribution in [0.5, 0.6) is 0 Å². The summed E-state index contributed by atoms with van der Waals surface area (Å²) in [4.78, 5) is 9.45. The van der Waals surface area contributed by atoms with E-state index in [0.29, 0.717) is 10.0 Å². The lowest BCUT2D eigenvalue weighted by Gasteiger charge is -2.03. The van der Waals surface area contributed by atoms with Crippen molar-refractivity contribution in [1.29, 1.82) is 0 Å². The minimum absolute atomic E-state index is 0.548. The minimum Gasteiger partial charge on any atom is -0.284 e. The second kappa shape index (κ2) is 7.39. The molecular formula is C20H12Cl2IN3. The molecule has 0 aliphatic carbocycles. The summed E-state index contributed by atoms with van der Waals surface area (Å²) in [6.07, 6.45) is 3.78. The number of nitrogens with zero attached hydrogens (tertiary/aromatic N) is 3. The Balaban J connectivity index is 1.89. The van der Waals surface area contributed by atoms with E-state index in [9.17, 15) is 0 Å². The average molecular weight is 492 g/mol. The van der Waals surface area contributed by atoms with E-state index in [4.69, 9.17) is 33.2 Å². The number of fused-ring (bicyclic) bond motifs is 1. The molecule has 4 aromatic rings.